The lowest BCUT2D eigenvalue weighted by Crippen LogP contribution is -2.53. The number of nitrogens with zero attached hydrogens (tertiary/aromatic N) is 5. The van der Waals surface area contributed by atoms with Gasteiger partial charge in [-0.05, 0) is 25.0 Å². The molecular weight excluding hydrogens is 378 g/mol. The van der Waals surface area contributed by atoms with Crippen LogP contribution >= 0.6 is 0 Å². The standard InChI is InChI=1S/C19H23N5O5/c1-21-15-12(16(25)22(2)19(21)28)5-6-13(20-15)17(26)23-7-9-24(10-8-23)18(27)14-4-3-11-29-14/h5-6,14H,3-4,7-11H2,1-2H3/t14-/m1/s1. The van der Waals surface area contributed by atoms with Gasteiger partial charge in [-0.2, -0.15) is 0 Å². The minimum atomic E-state index is -0.499. The molecule has 1 atom stereocenters. The minimum absolute atomic E-state index is 0.00993. The molecule has 2 amide bonds. The third-order valence-electron chi connectivity index (χ3n) is 5.60. The van der Waals surface area contributed by atoms with Crippen molar-refractivity contribution in [2.45, 2.75) is 18.9 Å². The van der Waals surface area contributed by atoms with E-state index >= 15 is 0 Å². The van der Waals surface area contributed by atoms with E-state index in [4.69, 9.17) is 4.74 Å². The summed E-state index contributed by atoms with van der Waals surface area (Å²) in [6.45, 7) is 2.29. The first-order valence-corrected chi connectivity index (χ1v) is 9.65. The van der Waals surface area contributed by atoms with Gasteiger partial charge in [0.1, 0.15) is 17.4 Å². The molecule has 10 nitrogen and oxygen atoms in total. The van der Waals surface area contributed by atoms with Gasteiger partial charge in [-0.1, -0.05) is 0 Å². The summed E-state index contributed by atoms with van der Waals surface area (Å²) in [6, 6.07) is 3.02. The lowest BCUT2D eigenvalue weighted by molar-refractivity contribution is -0.142. The zero-order chi connectivity index (χ0) is 20.7. The third kappa shape index (κ3) is 3.33. The molecule has 4 rings (SSSR count). The van der Waals surface area contributed by atoms with Crippen molar-refractivity contribution < 1.29 is 14.3 Å². The van der Waals surface area contributed by atoms with Crippen LogP contribution in [0.3, 0.4) is 0 Å². The first kappa shape index (κ1) is 19.3. The van der Waals surface area contributed by atoms with E-state index in [-0.39, 0.29) is 34.6 Å². The first-order valence-electron chi connectivity index (χ1n) is 9.65. The Morgan fingerprint density at radius 3 is 2.38 bits per heavy atom. The summed E-state index contributed by atoms with van der Waals surface area (Å²) in [5, 5.41) is 0.276. The second-order valence-electron chi connectivity index (χ2n) is 7.39. The molecule has 10 heteroatoms. The number of fused-ring (bicyclic) bond motifs is 1. The zero-order valence-corrected chi connectivity index (χ0v) is 16.5. The van der Waals surface area contributed by atoms with Crippen LogP contribution in [-0.4, -0.2) is 74.6 Å². The molecule has 29 heavy (non-hydrogen) atoms. The molecule has 0 aromatic carbocycles. The van der Waals surface area contributed by atoms with E-state index < -0.39 is 11.2 Å². The van der Waals surface area contributed by atoms with Crippen LogP contribution in [0.4, 0.5) is 0 Å². The Hall–Kier alpha value is -3.01. The fraction of sp³-hybridized carbons (Fsp3) is 0.526. The van der Waals surface area contributed by atoms with Crippen LogP contribution in [0.5, 0.6) is 0 Å². The van der Waals surface area contributed by atoms with Crippen molar-refractivity contribution in [1.29, 1.82) is 0 Å². The number of aromatic nitrogens is 3. The van der Waals surface area contributed by atoms with E-state index in [0.717, 1.165) is 17.4 Å². The number of ether oxygens (including phenoxy) is 1. The van der Waals surface area contributed by atoms with Crippen LogP contribution in [-0.2, 0) is 23.6 Å². The van der Waals surface area contributed by atoms with Gasteiger partial charge >= 0.3 is 5.69 Å². The number of pyridine rings is 1. The van der Waals surface area contributed by atoms with Gasteiger partial charge in [0.15, 0.2) is 0 Å². The molecule has 0 bridgehead atoms. The minimum Gasteiger partial charge on any atom is -0.368 e. The molecule has 2 aromatic rings. The van der Waals surface area contributed by atoms with Crippen molar-refractivity contribution in [2.24, 2.45) is 14.1 Å². The van der Waals surface area contributed by atoms with E-state index in [1.165, 1.54) is 30.8 Å². The van der Waals surface area contributed by atoms with Gasteiger partial charge in [0.25, 0.3) is 17.4 Å². The molecule has 2 aromatic heterocycles. The molecule has 154 valence electrons. The lowest BCUT2D eigenvalue weighted by Gasteiger charge is -2.35. The Bertz CT molecular complexity index is 1090. The smallest absolute Gasteiger partial charge is 0.332 e. The Morgan fingerprint density at radius 1 is 1.03 bits per heavy atom. The average Bonchev–Trinajstić information content (AvgIpc) is 3.30. The average molecular weight is 401 g/mol. The van der Waals surface area contributed by atoms with Crippen LogP contribution in [0.15, 0.2) is 21.7 Å². The molecular formula is C19H23N5O5. The molecule has 0 N–H and O–H groups in total. The van der Waals surface area contributed by atoms with Gasteiger partial charge in [0, 0.05) is 46.9 Å². The van der Waals surface area contributed by atoms with Gasteiger partial charge < -0.3 is 14.5 Å². The second kappa shape index (κ2) is 7.43. The van der Waals surface area contributed by atoms with Crippen molar-refractivity contribution in [3.63, 3.8) is 0 Å². The van der Waals surface area contributed by atoms with Crippen LogP contribution < -0.4 is 11.2 Å². The normalized spacial score (nSPS) is 19.7. The Kier molecular flexibility index (Phi) is 4.95. The van der Waals surface area contributed by atoms with Crippen molar-refractivity contribution in [3.8, 4) is 0 Å². The predicted molar refractivity (Wildman–Crippen MR) is 104 cm³/mol. The van der Waals surface area contributed by atoms with Crippen molar-refractivity contribution in [2.75, 3.05) is 32.8 Å². The number of carbonyl (C=O) groups is 2. The van der Waals surface area contributed by atoms with E-state index in [0.29, 0.717) is 32.8 Å². The maximum absolute atomic E-state index is 12.9. The molecule has 0 aliphatic carbocycles. The molecule has 2 aliphatic rings. The SMILES string of the molecule is Cn1c(=O)c2ccc(C(=O)N3CCN(C(=O)[C@H]4CCCO4)CC3)nc2n(C)c1=O. The number of carbonyl (C=O) groups excluding carboxylic acids is 2. The highest BCUT2D eigenvalue weighted by Crippen LogP contribution is 2.17. The molecule has 0 radical (unpaired) electrons. The number of piperazine rings is 1. The summed E-state index contributed by atoms with van der Waals surface area (Å²) in [5.74, 6) is -0.298. The van der Waals surface area contributed by atoms with Gasteiger partial charge in [-0.15, -0.1) is 0 Å². The third-order valence-corrected chi connectivity index (χ3v) is 5.60. The van der Waals surface area contributed by atoms with Gasteiger partial charge in [0.05, 0.1) is 5.39 Å². The number of hydrogen-bond donors (Lipinski definition) is 0. The quantitative estimate of drug-likeness (QED) is 0.645. The Morgan fingerprint density at radius 2 is 1.72 bits per heavy atom. The summed E-state index contributed by atoms with van der Waals surface area (Å²) < 4.78 is 7.72. The molecule has 0 saturated carbocycles. The second-order valence-corrected chi connectivity index (χ2v) is 7.39. The van der Waals surface area contributed by atoms with Gasteiger partial charge in [-0.3, -0.25) is 23.5 Å². The maximum Gasteiger partial charge on any atom is 0.332 e. The summed E-state index contributed by atoms with van der Waals surface area (Å²) in [4.78, 5) is 57.4. The summed E-state index contributed by atoms with van der Waals surface area (Å²) in [7, 11) is 2.92. The number of aryl methyl sites for hydroxylation is 1. The summed E-state index contributed by atoms with van der Waals surface area (Å²) in [6.07, 6.45) is 1.29. The Balaban J connectivity index is 1.52. The first-order chi connectivity index (χ1) is 13.9. The fourth-order valence-corrected chi connectivity index (χ4v) is 3.84. The molecule has 2 aliphatic heterocycles. The fourth-order valence-electron chi connectivity index (χ4n) is 3.84. The van der Waals surface area contributed by atoms with Crippen LogP contribution in [0, 0.1) is 0 Å². The predicted octanol–water partition coefficient (Wildman–Crippen LogP) is -0.904. The van der Waals surface area contributed by atoms with E-state index in [2.05, 4.69) is 4.98 Å². The van der Waals surface area contributed by atoms with Crippen molar-refractivity contribution in [1.82, 2.24) is 23.9 Å². The lowest BCUT2D eigenvalue weighted by atomic mass is 10.2. The number of amides is 2. The van der Waals surface area contributed by atoms with E-state index in [9.17, 15) is 19.2 Å². The zero-order valence-electron chi connectivity index (χ0n) is 16.5. The van der Waals surface area contributed by atoms with Crippen molar-refractivity contribution >= 4 is 22.8 Å². The molecule has 0 spiro atoms. The van der Waals surface area contributed by atoms with Crippen LogP contribution in [0.1, 0.15) is 23.3 Å². The Labute approximate surface area is 166 Å². The monoisotopic (exact) mass is 401 g/mol. The largest absolute Gasteiger partial charge is 0.368 e. The van der Waals surface area contributed by atoms with E-state index in [1.807, 2.05) is 0 Å². The van der Waals surface area contributed by atoms with Crippen molar-refractivity contribution in [3.05, 3.63) is 38.7 Å². The molecule has 0 unspecified atom stereocenters. The molecule has 2 saturated heterocycles. The highest BCUT2D eigenvalue weighted by Gasteiger charge is 2.31. The highest BCUT2D eigenvalue weighted by atomic mass is 16.5. The molecule has 4 heterocycles. The topological polar surface area (TPSA) is 107 Å². The van der Waals surface area contributed by atoms with Crippen LogP contribution in [0.25, 0.3) is 11.0 Å². The molecule has 2 fully saturated rings. The van der Waals surface area contributed by atoms with Gasteiger partial charge in [-0.25, -0.2) is 9.78 Å². The number of rotatable bonds is 2. The summed E-state index contributed by atoms with van der Waals surface area (Å²) in [5.41, 5.74) is -0.604. The van der Waals surface area contributed by atoms with E-state index in [1.54, 1.807) is 9.80 Å². The van der Waals surface area contributed by atoms with Gasteiger partial charge in [0.2, 0.25) is 0 Å². The maximum atomic E-state index is 12.9. The number of hydrogen-bond acceptors (Lipinski definition) is 6. The summed E-state index contributed by atoms with van der Waals surface area (Å²) >= 11 is 0. The van der Waals surface area contributed by atoms with Crippen LogP contribution in [0.2, 0.25) is 0 Å². The highest BCUT2D eigenvalue weighted by molar-refractivity contribution is 5.94.